The lowest BCUT2D eigenvalue weighted by atomic mass is 10.0. The second kappa shape index (κ2) is 12.1. The third kappa shape index (κ3) is 6.91. The van der Waals surface area contributed by atoms with Gasteiger partial charge in [-0.05, 0) is 44.0 Å². The van der Waals surface area contributed by atoms with Crippen molar-refractivity contribution < 1.29 is 9.59 Å². The van der Waals surface area contributed by atoms with E-state index in [0.29, 0.717) is 33.8 Å². The fourth-order valence-electron chi connectivity index (χ4n) is 3.36. The maximum atomic E-state index is 12.9. The molecule has 0 unspecified atom stereocenters. The lowest BCUT2D eigenvalue weighted by Gasteiger charge is -2.22. The summed E-state index contributed by atoms with van der Waals surface area (Å²) in [5.74, 6) is 0.278. The lowest BCUT2D eigenvalue weighted by molar-refractivity contribution is -0.113. The van der Waals surface area contributed by atoms with E-state index in [9.17, 15) is 9.59 Å². The molecule has 0 aliphatic rings. The zero-order valence-electron chi connectivity index (χ0n) is 19.7. The van der Waals surface area contributed by atoms with Crippen molar-refractivity contribution in [1.29, 1.82) is 0 Å². The molecule has 3 aromatic rings. The van der Waals surface area contributed by atoms with Crippen LogP contribution < -0.4 is 10.6 Å². The molecule has 1 aromatic heterocycles. The number of benzene rings is 2. The van der Waals surface area contributed by atoms with E-state index in [2.05, 4.69) is 20.8 Å². The number of carbonyl (C=O) groups excluding carboxylic acids is 2. The van der Waals surface area contributed by atoms with Crippen LogP contribution in [0.15, 0.2) is 41.6 Å². The Hall–Kier alpha value is -2.26. The SMILES string of the molecule is CCn1c(SCC(=O)Nc2c(Cl)cc(Cl)cc2Cl)nnc1[C@@H](NC(=O)c1ccc(C)cc1)C(C)C. The topological polar surface area (TPSA) is 88.9 Å². The predicted molar refractivity (Wildman–Crippen MR) is 143 cm³/mol. The molecule has 1 atom stereocenters. The van der Waals surface area contributed by atoms with Gasteiger partial charge in [0, 0.05) is 17.1 Å². The van der Waals surface area contributed by atoms with Crippen LogP contribution in [0.2, 0.25) is 15.1 Å². The number of nitrogens with zero attached hydrogens (tertiary/aromatic N) is 3. The van der Waals surface area contributed by atoms with Crippen LogP contribution in [0, 0.1) is 12.8 Å². The van der Waals surface area contributed by atoms with Crippen LogP contribution >= 0.6 is 46.6 Å². The molecule has 2 aromatic carbocycles. The molecular formula is C24H26Cl3N5O2S. The number of thioether (sulfide) groups is 1. The second-order valence-electron chi connectivity index (χ2n) is 8.23. The normalized spacial score (nSPS) is 12.0. The van der Waals surface area contributed by atoms with Crippen molar-refractivity contribution in [2.24, 2.45) is 5.92 Å². The number of nitrogens with one attached hydrogen (secondary N) is 2. The van der Waals surface area contributed by atoms with Crippen molar-refractivity contribution in [2.45, 2.75) is 45.4 Å². The monoisotopic (exact) mass is 553 g/mol. The van der Waals surface area contributed by atoms with E-state index >= 15 is 0 Å². The van der Waals surface area contributed by atoms with Crippen LogP contribution in [-0.4, -0.2) is 32.3 Å². The van der Waals surface area contributed by atoms with Crippen LogP contribution in [-0.2, 0) is 11.3 Å². The maximum Gasteiger partial charge on any atom is 0.251 e. The number of anilines is 1. The summed E-state index contributed by atoms with van der Waals surface area (Å²) in [6.45, 7) is 8.53. The molecule has 0 aliphatic carbocycles. The van der Waals surface area contributed by atoms with Gasteiger partial charge in [0.15, 0.2) is 11.0 Å². The molecule has 0 saturated carbocycles. The molecule has 2 N–H and O–H groups in total. The first-order valence-corrected chi connectivity index (χ1v) is 13.1. The summed E-state index contributed by atoms with van der Waals surface area (Å²) in [5.41, 5.74) is 1.97. The summed E-state index contributed by atoms with van der Waals surface area (Å²) in [4.78, 5) is 25.4. The number of hydrogen-bond donors (Lipinski definition) is 2. The third-order valence-corrected chi connectivity index (χ3v) is 6.99. The zero-order valence-corrected chi connectivity index (χ0v) is 22.8. The number of hydrogen-bond acceptors (Lipinski definition) is 5. The van der Waals surface area contributed by atoms with Gasteiger partial charge in [-0.25, -0.2) is 0 Å². The van der Waals surface area contributed by atoms with E-state index in [0.717, 1.165) is 5.56 Å². The average molecular weight is 555 g/mol. The quantitative estimate of drug-likeness (QED) is 0.298. The van der Waals surface area contributed by atoms with Gasteiger partial charge in [-0.3, -0.25) is 9.59 Å². The van der Waals surface area contributed by atoms with Crippen LogP contribution in [0.1, 0.15) is 48.6 Å². The van der Waals surface area contributed by atoms with Crippen molar-refractivity contribution in [3.63, 3.8) is 0 Å². The maximum absolute atomic E-state index is 12.9. The van der Waals surface area contributed by atoms with E-state index < -0.39 is 0 Å². The van der Waals surface area contributed by atoms with Gasteiger partial charge in [0.1, 0.15) is 0 Å². The van der Waals surface area contributed by atoms with E-state index in [-0.39, 0.29) is 39.6 Å². The van der Waals surface area contributed by atoms with Crippen LogP contribution in [0.25, 0.3) is 0 Å². The molecule has 0 bridgehead atoms. The minimum atomic E-state index is -0.355. The molecule has 7 nitrogen and oxygen atoms in total. The van der Waals surface area contributed by atoms with Gasteiger partial charge in [0.25, 0.3) is 5.91 Å². The Bertz CT molecular complexity index is 1190. The van der Waals surface area contributed by atoms with Gasteiger partial charge in [0.05, 0.1) is 27.5 Å². The molecule has 0 spiro atoms. The number of rotatable bonds is 9. The average Bonchev–Trinajstić information content (AvgIpc) is 3.21. The van der Waals surface area contributed by atoms with E-state index in [4.69, 9.17) is 34.8 Å². The lowest BCUT2D eigenvalue weighted by Crippen LogP contribution is -2.33. The molecule has 11 heteroatoms. The molecule has 0 fully saturated rings. The van der Waals surface area contributed by atoms with Crippen molar-refractivity contribution in [3.8, 4) is 0 Å². The smallest absolute Gasteiger partial charge is 0.251 e. The molecule has 0 saturated heterocycles. The fourth-order valence-corrected chi connectivity index (χ4v) is 5.08. The highest BCUT2D eigenvalue weighted by Gasteiger charge is 2.26. The van der Waals surface area contributed by atoms with Crippen LogP contribution in [0.3, 0.4) is 0 Å². The van der Waals surface area contributed by atoms with Crippen molar-refractivity contribution in [1.82, 2.24) is 20.1 Å². The summed E-state index contributed by atoms with van der Waals surface area (Å²) in [7, 11) is 0. The number of halogens is 3. The Kier molecular flexibility index (Phi) is 9.47. The summed E-state index contributed by atoms with van der Waals surface area (Å²) in [6, 6.07) is 10.1. The Morgan fingerprint density at radius 1 is 1.06 bits per heavy atom. The van der Waals surface area contributed by atoms with E-state index in [1.54, 1.807) is 12.1 Å². The highest BCUT2D eigenvalue weighted by atomic mass is 35.5. The van der Waals surface area contributed by atoms with Crippen molar-refractivity contribution in [3.05, 3.63) is 68.4 Å². The number of aryl methyl sites for hydroxylation is 1. The van der Waals surface area contributed by atoms with Gasteiger partial charge in [0.2, 0.25) is 5.91 Å². The van der Waals surface area contributed by atoms with Gasteiger partial charge in [-0.15, -0.1) is 10.2 Å². The molecule has 0 radical (unpaired) electrons. The Balaban J connectivity index is 1.72. The van der Waals surface area contributed by atoms with Gasteiger partial charge >= 0.3 is 0 Å². The first-order valence-electron chi connectivity index (χ1n) is 11.0. The van der Waals surface area contributed by atoms with Gasteiger partial charge in [-0.2, -0.15) is 0 Å². The van der Waals surface area contributed by atoms with Gasteiger partial charge in [-0.1, -0.05) is 78.1 Å². The second-order valence-corrected chi connectivity index (χ2v) is 10.4. The van der Waals surface area contributed by atoms with Crippen molar-refractivity contribution >= 4 is 64.1 Å². The number of carbonyl (C=O) groups is 2. The summed E-state index contributed by atoms with van der Waals surface area (Å²) >= 11 is 19.5. The Morgan fingerprint density at radius 3 is 2.26 bits per heavy atom. The molecule has 35 heavy (non-hydrogen) atoms. The molecule has 0 aliphatic heterocycles. The molecule has 2 amide bonds. The Morgan fingerprint density at radius 2 is 1.69 bits per heavy atom. The largest absolute Gasteiger partial charge is 0.342 e. The van der Waals surface area contributed by atoms with E-state index in [1.807, 2.05) is 44.4 Å². The molecule has 1 heterocycles. The minimum absolute atomic E-state index is 0.0641. The number of amides is 2. The molecular weight excluding hydrogens is 529 g/mol. The summed E-state index contributed by atoms with van der Waals surface area (Å²) in [5, 5.41) is 15.9. The Labute approximate surface area is 223 Å². The highest BCUT2D eigenvalue weighted by Crippen LogP contribution is 2.34. The standard InChI is InChI=1S/C24H26Cl3N5O2S/c1-5-32-22(20(13(2)3)29-23(34)15-8-6-14(4)7-9-15)30-31-24(32)35-12-19(33)28-21-17(26)10-16(25)11-18(21)27/h6-11,13,20H,5,12H2,1-4H3,(H,28,33)(H,29,34)/t20-/m0/s1. The molecule has 3 rings (SSSR count). The third-order valence-electron chi connectivity index (χ3n) is 5.21. The summed E-state index contributed by atoms with van der Waals surface area (Å²) < 4.78 is 1.90. The molecule has 186 valence electrons. The first-order chi connectivity index (χ1) is 16.6. The van der Waals surface area contributed by atoms with E-state index in [1.165, 1.54) is 23.9 Å². The summed E-state index contributed by atoms with van der Waals surface area (Å²) in [6.07, 6.45) is 0. The van der Waals surface area contributed by atoms with Crippen molar-refractivity contribution in [2.75, 3.05) is 11.1 Å². The first kappa shape index (κ1) is 27.3. The predicted octanol–water partition coefficient (Wildman–Crippen LogP) is 6.42. The fraction of sp³-hybridized carbons (Fsp3) is 0.333. The highest BCUT2D eigenvalue weighted by molar-refractivity contribution is 7.99. The minimum Gasteiger partial charge on any atom is -0.342 e. The van der Waals surface area contributed by atoms with Gasteiger partial charge < -0.3 is 15.2 Å². The van der Waals surface area contributed by atoms with Crippen LogP contribution in [0.5, 0.6) is 0 Å². The number of aromatic nitrogens is 3. The van der Waals surface area contributed by atoms with Crippen LogP contribution in [0.4, 0.5) is 5.69 Å². The zero-order chi connectivity index (χ0) is 25.7.